The molecule has 1 atom stereocenters. The Kier molecular flexibility index (Phi) is 3.55. The van der Waals surface area contributed by atoms with E-state index in [9.17, 15) is 9.59 Å². The number of benzene rings is 1. The van der Waals surface area contributed by atoms with Crippen LogP contribution in [-0.2, 0) is 14.3 Å². The highest BCUT2D eigenvalue weighted by atomic mass is 16.5. The predicted molar refractivity (Wildman–Crippen MR) is 77.9 cm³/mol. The Morgan fingerprint density at radius 3 is 2.25 bits per heavy atom. The largest absolute Gasteiger partial charge is 0.456 e. The molecule has 1 fully saturated rings. The highest BCUT2D eigenvalue weighted by molar-refractivity contribution is 6.07. The summed E-state index contributed by atoms with van der Waals surface area (Å²) in [6.07, 6.45) is 3.14. The van der Waals surface area contributed by atoms with Crippen molar-refractivity contribution in [2.45, 2.75) is 33.8 Å². The normalized spacial score (nSPS) is 24.7. The van der Waals surface area contributed by atoms with Crippen molar-refractivity contribution >= 4 is 17.8 Å². The smallest absolute Gasteiger partial charge is 0.319 e. The van der Waals surface area contributed by atoms with E-state index in [-0.39, 0.29) is 5.78 Å². The van der Waals surface area contributed by atoms with Crippen LogP contribution in [-0.4, -0.2) is 17.9 Å². The van der Waals surface area contributed by atoms with E-state index in [1.165, 1.54) is 0 Å². The summed E-state index contributed by atoms with van der Waals surface area (Å²) >= 11 is 0. The van der Waals surface area contributed by atoms with Crippen molar-refractivity contribution in [2.75, 3.05) is 0 Å². The van der Waals surface area contributed by atoms with Crippen LogP contribution in [0.25, 0.3) is 6.08 Å². The summed E-state index contributed by atoms with van der Waals surface area (Å²) in [6, 6.07) is 9.73. The molecule has 1 aliphatic heterocycles. The number of Topliss-reactive ketones (excluding diaryl/α,β-unsaturated/α-hetero) is 1. The maximum atomic E-state index is 12.5. The highest BCUT2D eigenvalue weighted by Gasteiger charge is 2.54. The average Bonchev–Trinajstić information content (AvgIpc) is 2.41. The minimum atomic E-state index is -1.07. The van der Waals surface area contributed by atoms with Crippen molar-refractivity contribution in [1.82, 2.24) is 0 Å². The maximum Gasteiger partial charge on any atom is 0.319 e. The third-order valence-corrected chi connectivity index (χ3v) is 3.87. The molecule has 0 amide bonds. The van der Waals surface area contributed by atoms with Crippen LogP contribution >= 0.6 is 0 Å². The Labute approximate surface area is 119 Å². The standard InChI is InChI=1S/C17H20O3/c1-16(2)13(11-10-12-8-6-5-7-9-12)20-15(19)17(3,4)14(16)18/h5-11,13H,1-4H3/b11-10-/t13-/m0/s1. The summed E-state index contributed by atoms with van der Waals surface area (Å²) < 4.78 is 5.46. The number of hydrogen-bond acceptors (Lipinski definition) is 3. The lowest BCUT2D eigenvalue weighted by atomic mass is 9.68. The number of ether oxygens (including phenoxy) is 1. The van der Waals surface area contributed by atoms with Crippen molar-refractivity contribution in [3.8, 4) is 0 Å². The molecular formula is C17H20O3. The van der Waals surface area contributed by atoms with Gasteiger partial charge in [-0.3, -0.25) is 9.59 Å². The van der Waals surface area contributed by atoms with E-state index in [0.29, 0.717) is 0 Å². The van der Waals surface area contributed by atoms with Crippen LogP contribution in [0.4, 0.5) is 0 Å². The molecule has 2 rings (SSSR count). The Morgan fingerprint density at radius 1 is 1.05 bits per heavy atom. The molecule has 1 aromatic carbocycles. The molecule has 0 bridgehead atoms. The van der Waals surface area contributed by atoms with Crippen LogP contribution in [0.15, 0.2) is 36.4 Å². The number of hydrogen-bond donors (Lipinski definition) is 0. The summed E-state index contributed by atoms with van der Waals surface area (Å²) in [6.45, 7) is 6.89. The third-order valence-electron chi connectivity index (χ3n) is 3.87. The van der Waals surface area contributed by atoms with Crippen molar-refractivity contribution in [1.29, 1.82) is 0 Å². The van der Waals surface area contributed by atoms with Gasteiger partial charge in [-0.05, 0) is 39.3 Å². The minimum absolute atomic E-state index is 0.0797. The minimum Gasteiger partial charge on any atom is -0.456 e. The topological polar surface area (TPSA) is 43.4 Å². The number of carbonyl (C=O) groups is 2. The zero-order chi connectivity index (χ0) is 15.0. The lowest BCUT2D eigenvalue weighted by Crippen LogP contribution is -2.55. The third kappa shape index (κ3) is 2.40. The van der Waals surface area contributed by atoms with Gasteiger partial charge < -0.3 is 4.74 Å². The SMILES string of the molecule is CC1(C)C(=O)O[C@@H](/C=C\c2ccccc2)C(C)(C)C1=O. The van der Waals surface area contributed by atoms with E-state index in [2.05, 4.69) is 0 Å². The second-order valence-corrected chi connectivity index (χ2v) is 6.27. The van der Waals surface area contributed by atoms with E-state index in [1.807, 2.05) is 50.3 Å². The first-order valence-electron chi connectivity index (χ1n) is 6.75. The first-order chi connectivity index (χ1) is 9.26. The molecule has 0 saturated carbocycles. The van der Waals surface area contributed by atoms with Crippen LogP contribution in [0.2, 0.25) is 0 Å². The quantitative estimate of drug-likeness (QED) is 0.613. The summed E-state index contributed by atoms with van der Waals surface area (Å²) in [5.41, 5.74) is -0.778. The number of cyclic esters (lactones) is 1. The van der Waals surface area contributed by atoms with Gasteiger partial charge in [0, 0.05) is 0 Å². The van der Waals surface area contributed by atoms with E-state index in [0.717, 1.165) is 5.56 Å². The second-order valence-electron chi connectivity index (χ2n) is 6.27. The van der Waals surface area contributed by atoms with Crippen molar-refractivity contribution in [3.05, 3.63) is 42.0 Å². The van der Waals surface area contributed by atoms with Gasteiger partial charge in [0.05, 0.1) is 5.41 Å². The van der Waals surface area contributed by atoms with Crippen LogP contribution in [0, 0.1) is 10.8 Å². The Morgan fingerprint density at radius 2 is 1.65 bits per heavy atom. The Hall–Kier alpha value is -1.90. The molecule has 1 aliphatic rings. The van der Waals surface area contributed by atoms with Crippen LogP contribution < -0.4 is 0 Å². The molecule has 0 unspecified atom stereocenters. The van der Waals surface area contributed by atoms with Gasteiger partial charge in [0.1, 0.15) is 11.5 Å². The first-order valence-corrected chi connectivity index (χ1v) is 6.75. The summed E-state index contributed by atoms with van der Waals surface area (Å²) in [7, 11) is 0. The summed E-state index contributed by atoms with van der Waals surface area (Å²) in [5, 5.41) is 0. The van der Waals surface area contributed by atoms with E-state index < -0.39 is 22.9 Å². The van der Waals surface area contributed by atoms with Gasteiger partial charge in [0.25, 0.3) is 0 Å². The van der Waals surface area contributed by atoms with Crippen molar-refractivity contribution in [3.63, 3.8) is 0 Å². The van der Waals surface area contributed by atoms with Crippen LogP contribution in [0.3, 0.4) is 0 Å². The van der Waals surface area contributed by atoms with Gasteiger partial charge in [-0.1, -0.05) is 36.4 Å². The van der Waals surface area contributed by atoms with Gasteiger partial charge >= 0.3 is 5.97 Å². The van der Waals surface area contributed by atoms with Gasteiger partial charge in [-0.2, -0.15) is 0 Å². The van der Waals surface area contributed by atoms with Crippen LogP contribution in [0.1, 0.15) is 33.3 Å². The fraction of sp³-hybridized carbons (Fsp3) is 0.412. The zero-order valence-corrected chi connectivity index (χ0v) is 12.3. The lowest BCUT2D eigenvalue weighted by Gasteiger charge is -2.41. The van der Waals surface area contributed by atoms with Gasteiger partial charge in [-0.25, -0.2) is 0 Å². The Balaban J connectivity index is 2.27. The maximum absolute atomic E-state index is 12.5. The molecule has 0 radical (unpaired) electrons. The Bertz CT molecular complexity index is 553. The molecule has 1 aromatic rings. The molecular weight excluding hydrogens is 252 g/mol. The summed E-state index contributed by atoms with van der Waals surface area (Å²) in [5.74, 6) is -0.534. The lowest BCUT2D eigenvalue weighted by molar-refractivity contribution is -0.181. The fourth-order valence-electron chi connectivity index (χ4n) is 2.48. The molecule has 20 heavy (non-hydrogen) atoms. The first kappa shape index (κ1) is 14.5. The second kappa shape index (κ2) is 4.89. The molecule has 0 aromatic heterocycles. The van der Waals surface area contributed by atoms with E-state index in [1.54, 1.807) is 19.9 Å². The molecule has 3 nitrogen and oxygen atoms in total. The number of rotatable bonds is 2. The average molecular weight is 272 g/mol. The van der Waals surface area contributed by atoms with E-state index >= 15 is 0 Å². The fourth-order valence-corrected chi connectivity index (χ4v) is 2.48. The van der Waals surface area contributed by atoms with Gasteiger partial charge in [-0.15, -0.1) is 0 Å². The van der Waals surface area contributed by atoms with Crippen LogP contribution in [0.5, 0.6) is 0 Å². The number of ketones is 1. The molecule has 0 aliphatic carbocycles. The molecule has 3 heteroatoms. The van der Waals surface area contributed by atoms with E-state index in [4.69, 9.17) is 4.74 Å². The molecule has 106 valence electrons. The molecule has 1 saturated heterocycles. The molecule has 0 N–H and O–H groups in total. The molecule has 0 spiro atoms. The van der Waals surface area contributed by atoms with Gasteiger partial charge in [0.15, 0.2) is 5.78 Å². The van der Waals surface area contributed by atoms with Crippen molar-refractivity contribution < 1.29 is 14.3 Å². The molecule has 1 heterocycles. The van der Waals surface area contributed by atoms with Crippen molar-refractivity contribution in [2.24, 2.45) is 10.8 Å². The monoisotopic (exact) mass is 272 g/mol. The number of esters is 1. The summed E-state index contributed by atoms with van der Waals surface area (Å²) in [4.78, 5) is 24.4. The predicted octanol–water partition coefficient (Wildman–Crippen LogP) is 3.25. The zero-order valence-electron chi connectivity index (χ0n) is 12.3. The highest BCUT2D eigenvalue weighted by Crippen LogP contribution is 2.40. The van der Waals surface area contributed by atoms with Gasteiger partial charge in [0.2, 0.25) is 0 Å². The number of carbonyl (C=O) groups excluding carboxylic acids is 2.